The van der Waals surface area contributed by atoms with E-state index in [1.54, 1.807) is 5.57 Å². The summed E-state index contributed by atoms with van der Waals surface area (Å²) in [5, 5.41) is 9.30. The third-order valence-electron chi connectivity index (χ3n) is 11.6. The van der Waals surface area contributed by atoms with E-state index in [1.165, 1.54) is 25.5 Å². The van der Waals surface area contributed by atoms with Crippen LogP contribution in [0.5, 0.6) is 0 Å². The molecule has 0 aromatic carbocycles. The van der Waals surface area contributed by atoms with E-state index in [9.17, 15) is 14.7 Å². The molecule has 0 aliphatic heterocycles. The quantitative estimate of drug-likeness (QED) is 0.359. The molecule has 0 bridgehead atoms. The molecule has 33 heavy (non-hydrogen) atoms. The van der Waals surface area contributed by atoms with Gasteiger partial charge in [-0.3, -0.25) is 4.79 Å². The lowest BCUT2D eigenvalue weighted by atomic mass is 9.41. The summed E-state index contributed by atoms with van der Waals surface area (Å²) < 4.78 is 0. The Morgan fingerprint density at radius 2 is 1.88 bits per heavy atom. The Labute approximate surface area is 201 Å². The zero-order valence-electron chi connectivity index (χ0n) is 21.9. The molecular formula is C30H46O3. The summed E-state index contributed by atoms with van der Waals surface area (Å²) in [4.78, 5) is 25.1. The molecule has 0 spiro atoms. The van der Waals surface area contributed by atoms with E-state index in [4.69, 9.17) is 0 Å². The van der Waals surface area contributed by atoms with E-state index in [1.807, 2.05) is 6.92 Å². The number of hydrogen-bond acceptors (Lipinski definition) is 3. The number of carbonyl (C=O) groups excluding carboxylic acids is 2. The normalized spacial score (nSPS) is 43.2. The van der Waals surface area contributed by atoms with Crippen LogP contribution in [0.15, 0.2) is 23.3 Å². The Hall–Kier alpha value is -1.22. The lowest BCUT2D eigenvalue weighted by Gasteiger charge is -2.63. The van der Waals surface area contributed by atoms with Gasteiger partial charge in [-0.15, -0.1) is 0 Å². The predicted octanol–water partition coefficient (Wildman–Crippen LogP) is 6.69. The minimum absolute atomic E-state index is 0.0925. The number of allylic oxidation sites excluding steroid dienone is 3. The van der Waals surface area contributed by atoms with Crippen LogP contribution in [0, 0.1) is 45.3 Å². The summed E-state index contributed by atoms with van der Waals surface area (Å²) in [5.41, 5.74) is 2.95. The maximum atomic E-state index is 12.8. The molecule has 0 unspecified atom stereocenters. The smallest absolute Gasteiger partial charge is 0.138 e. The standard InChI is InChI=1S/C30H46O3/c1-20(18-31)8-7-9-21(19-32)22-12-16-30(6)24-10-11-25-27(2,3)26(33)14-15-28(25,4)23(24)13-17-29(22,30)5/h8,10,19,21-23,25,31H,7,9,11-18H2,1-6H3/b20-8-/t21-,22+,23+,25+,28-,29+,30-/m1/s1. The molecule has 0 saturated heterocycles. The van der Waals surface area contributed by atoms with Gasteiger partial charge in [-0.25, -0.2) is 0 Å². The van der Waals surface area contributed by atoms with Crippen LogP contribution in [0.4, 0.5) is 0 Å². The Bertz CT molecular complexity index is 866. The summed E-state index contributed by atoms with van der Waals surface area (Å²) in [5.74, 6) is 1.99. The van der Waals surface area contributed by atoms with E-state index in [0.717, 1.165) is 44.1 Å². The third kappa shape index (κ3) is 3.55. The van der Waals surface area contributed by atoms with Gasteiger partial charge in [-0.05, 0) is 92.3 Å². The molecule has 0 radical (unpaired) electrons. The first kappa shape index (κ1) is 24.9. The number of fused-ring (bicyclic) bond motifs is 5. The second kappa shape index (κ2) is 8.47. The lowest BCUT2D eigenvalue weighted by molar-refractivity contribution is -0.146. The van der Waals surface area contributed by atoms with Crippen molar-refractivity contribution in [3.63, 3.8) is 0 Å². The highest BCUT2D eigenvalue weighted by atomic mass is 16.3. The molecule has 3 heteroatoms. The molecule has 4 aliphatic rings. The van der Waals surface area contributed by atoms with Gasteiger partial charge in [0.05, 0.1) is 6.61 Å². The monoisotopic (exact) mass is 454 g/mol. The average Bonchev–Trinajstić information content (AvgIpc) is 3.05. The van der Waals surface area contributed by atoms with Crippen LogP contribution in [0.25, 0.3) is 0 Å². The molecule has 3 nitrogen and oxygen atoms in total. The average molecular weight is 455 g/mol. The number of ketones is 1. The summed E-state index contributed by atoms with van der Waals surface area (Å²) in [7, 11) is 0. The van der Waals surface area contributed by atoms with E-state index < -0.39 is 0 Å². The summed E-state index contributed by atoms with van der Waals surface area (Å²) in [6, 6.07) is 0. The molecule has 184 valence electrons. The van der Waals surface area contributed by atoms with E-state index in [-0.39, 0.29) is 34.2 Å². The second-order valence-electron chi connectivity index (χ2n) is 13.2. The minimum atomic E-state index is -0.224. The van der Waals surface area contributed by atoms with Gasteiger partial charge < -0.3 is 9.90 Å². The highest BCUT2D eigenvalue weighted by Crippen LogP contribution is 2.73. The van der Waals surface area contributed by atoms with Gasteiger partial charge in [0.15, 0.2) is 0 Å². The molecule has 0 heterocycles. The predicted molar refractivity (Wildman–Crippen MR) is 134 cm³/mol. The fourth-order valence-electron chi connectivity index (χ4n) is 9.19. The topological polar surface area (TPSA) is 54.4 Å². The SMILES string of the molecule is C/C(=C/CC[C@H](C=O)[C@@H]1CC[C@]2(C)C3=CC[C@H]4C(C)(C)C(=O)CC[C@]4(C)[C@H]3CC[C@@]12C)CO. The van der Waals surface area contributed by atoms with Crippen molar-refractivity contribution in [1.29, 1.82) is 0 Å². The number of aliphatic hydroxyl groups excluding tert-OH is 1. The van der Waals surface area contributed by atoms with Crippen molar-refractivity contribution in [1.82, 2.24) is 0 Å². The first-order valence-electron chi connectivity index (χ1n) is 13.4. The van der Waals surface area contributed by atoms with E-state index in [0.29, 0.717) is 23.5 Å². The first-order chi connectivity index (χ1) is 15.5. The number of carbonyl (C=O) groups is 2. The van der Waals surface area contributed by atoms with Crippen LogP contribution in [-0.4, -0.2) is 23.8 Å². The van der Waals surface area contributed by atoms with Crippen LogP contribution >= 0.6 is 0 Å². The van der Waals surface area contributed by atoms with Gasteiger partial charge in [-0.2, -0.15) is 0 Å². The van der Waals surface area contributed by atoms with Crippen LogP contribution in [-0.2, 0) is 9.59 Å². The Balaban J connectivity index is 1.63. The van der Waals surface area contributed by atoms with Gasteiger partial charge >= 0.3 is 0 Å². The fraction of sp³-hybridized carbons (Fsp3) is 0.800. The van der Waals surface area contributed by atoms with E-state index >= 15 is 0 Å². The summed E-state index contributed by atoms with van der Waals surface area (Å²) in [6.07, 6.45) is 15.1. The number of hydrogen-bond donors (Lipinski definition) is 1. The second-order valence-corrected chi connectivity index (χ2v) is 13.2. The molecule has 7 atom stereocenters. The Kier molecular flexibility index (Phi) is 6.39. The molecule has 0 amide bonds. The maximum Gasteiger partial charge on any atom is 0.138 e. The van der Waals surface area contributed by atoms with Crippen molar-refractivity contribution >= 4 is 12.1 Å². The van der Waals surface area contributed by atoms with Crippen LogP contribution in [0.1, 0.15) is 99.3 Å². The zero-order chi connectivity index (χ0) is 24.2. The number of aliphatic hydroxyl groups is 1. The van der Waals surface area contributed by atoms with Crippen molar-refractivity contribution in [2.24, 2.45) is 45.3 Å². The van der Waals surface area contributed by atoms with Crippen molar-refractivity contribution < 1.29 is 14.7 Å². The molecule has 1 N–H and O–H groups in total. The van der Waals surface area contributed by atoms with Crippen LogP contribution in [0.2, 0.25) is 0 Å². The Morgan fingerprint density at radius 3 is 2.55 bits per heavy atom. The highest BCUT2D eigenvalue weighted by Gasteiger charge is 2.65. The molecule has 4 rings (SSSR count). The lowest BCUT2D eigenvalue weighted by Crippen LogP contribution is -2.57. The van der Waals surface area contributed by atoms with Crippen molar-refractivity contribution in [3.05, 3.63) is 23.3 Å². The van der Waals surface area contributed by atoms with Gasteiger partial charge in [0.1, 0.15) is 12.1 Å². The largest absolute Gasteiger partial charge is 0.392 e. The van der Waals surface area contributed by atoms with E-state index in [2.05, 4.69) is 46.8 Å². The van der Waals surface area contributed by atoms with Gasteiger partial charge in [0, 0.05) is 17.8 Å². The molecule has 3 fully saturated rings. The van der Waals surface area contributed by atoms with Crippen molar-refractivity contribution in [2.45, 2.75) is 99.3 Å². The van der Waals surface area contributed by atoms with Crippen molar-refractivity contribution in [2.75, 3.05) is 6.61 Å². The Morgan fingerprint density at radius 1 is 1.15 bits per heavy atom. The number of rotatable bonds is 6. The van der Waals surface area contributed by atoms with Crippen LogP contribution in [0.3, 0.4) is 0 Å². The number of aldehydes is 1. The van der Waals surface area contributed by atoms with Crippen molar-refractivity contribution in [3.8, 4) is 0 Å². The maximum absolute atomic E-state index is 12.8. The fourth-order valence-corrected chi connectivity index (χ4v) is 9.19. The van der Waals surface area contributed by atoms with Gasteiger partial charge in [-0.1, -0.05) is 57.9 Å². The molecule has 0 aromatic heterocycles. The first-order valence-corrected chi connectivity index (χ1v) is 13.4. The summed E-state index contributed by atoms with van der Waals surface area (Å²) >= 11 is 0. The highest BCUT2D eigenvalue weighted by molar-refractivity contribution is 5.85. The molecule has 4 aliphatic carbocycles. The third-order valence-corrected chi connectivity index (χ3v) is 11.6. The van der Waals surface area contributed by atoms with Gasteiger partial charge in [0.25, 0.3) is 0 Å². The summed E-state index contributed by atoms with van der Waals surface area (Å²) in [6.45, 7) is 13.9. The van der Waals surface area contributed by atoms with Gasteiger partial charge in [0.2, 0.25) is 0 Å². The molecule has 3 saturated carbocycles. The number of Topliss-reactive ketones (excluding diaryl/α,β-unsaturated/α-hetero) is 1. The van der Waals surface area contributed by atoms with Crippen LogP contribution < -0.4 is 0 Å². The molecule has 0 aromatic rings. The minimum Gasteiger partial charge on any atom is -0.392 e. The zero-order valence-corrected chi connectivity index (χ0v) is 21.9. The molecular weight excluding hydrogens is 408 g/mol.